The third-order valence-corrected chi connectivity index (χ3v) is 8.12. The molecule has 1 aliphatic heterocycles. The highest BCUT2D eigenvalue weighted by Crippen LogP contribution is 2.37. The molecule has 96 valence electrons. The normalized spacial score (nSPS) is 32.1. The van der Waals surface area contributed by atoms with Gasteiger partial charge in [-0.2, -0.15) is 0 Å². The van der Waals surface area contributed by atoms with Gasteiger partial charge in [-0.15, -0.1) is 0 Å². The van der Waals surface area contributed by atoms with Gasteiger partial charge in [0.15, 0.2) is 14.6 Å². The summed E-state index contributed by atoms with van der Waals surface area (Å²) >= 11 is 0. The number of aliphatic hydroxyl groups is 2. The Morgan fingerprint density at radius 3 is 2.25 bits per heavy atom. The highest BCUT2D eigenvalue weighted by molar-refractivity contribution is 6.74. The van der Waals surface area contributed by atoms with Crippen molar-refractivity contribution in [1.82, 2.24) is 0 Å². The van der Waals surface area contributed by atoms with Crippen LogP contribution in [0, 0.1) is 0 Å². The first-order chi connectivity index (χ1) is 7.13. The Kier molecular flexibility index (Phi) is 4.18. The summed E-state index contributed by atoms with van der Waals surface area (Å²) < 4.78 is 11.1. The summed E-state index contributed by atoms with van der Waals surface area (Å²) in [6.45, 7) is 11.2. The molecule has 1 saturated heterocycles. The van der Waals surface area contributed by atoms with Gasteiger partial charge in [0.05, 0.1) is 12.7 Å². The van der Waals surface area contributed by atoms with E-state index in [1.165, 1.54) is 0 Å². The fourth-order valence-electron chi connectivity index (χ4n) is 1.36. The van der Waals surface area contributed by atoms with E-state index >= 15 is 0 Å². The van der Waals surface area contributed by atoms with Crippen LogP contribution in [0.25, 0.3) is 0 Å². The van der Waals surface area contributed by atoms with E-state index in [0.717, 1.165) is 0 Å². The van der Waals surface area contributed by atoms with Crippen LogP contribution in [-0.4, -0.2) is 43.6 Å². The van der Waals surface area contributed by atoms with Gasteiger partial charge < -0.3 is 19.4 Å². The average Bonchev–Trinajstić information content (AvgIpc) is 2.39. The lowest BCUT2D eigenvalue weighted by molar-refractivity contribution is -0.106. The molecule has 1 fully saturated rings. The summed E-state index contributed by atoms with van der Waals surface area (Å²) in [5, 5.41) is 19.0. The molecular formula is C11H24O4Si. The van der Waals surface area contributed by atoms with E-state index in [-0.39, 0.29) is 17.6 Å². The van der Waals surface area contributed by atoms with Crippen molar-refractivity contribution in [1.29, 1.82) is 0 Å². The van der Waals surface area contributed by atoms with Gasteiger partial charge in [-0.25, -0.2) is 0 Å². The lowest BCUT2D eigenvalue weighted by Crippen LogP contribution is -2.43. The first-order valence-electron chi connectivity index (χ1n) is 5.79. The minimum absolute atomic E-state index is 0.148. The van der Waals surface area contributed by atoms with Gasteiger partial charge >= 0.3 is 0 Å². The molecule has 0 amide bonds. The first-order valence-corrected chi connectivity index (χ1v) is 8.70. The van der Waals surface area contributed by atoms with Crippen molar-refractivity contribution >= 4 is 8.32 Å². The van der Waals surface area contributed by atoms with Crippen molar-refractivity contribution in [2.75, 3.05) is 6.61 Å². The SMILES string of the molecule is CC(C)(C)[Si](C)(C)OC[C@H]1O[C@@H](O)C[C@@H]1O. The van der Waals surface area contributed by atoms with Crippen molar-refractivity contribution in [3.8, 4) is 0 Å². The Hall–Kier alpha value is 0.0569. The smallest absolute Gasteiger partial charge is 0.192 e. The van der Waals surface area contributed by atoms with E-state index in [4.69, 9.17) is 9.16 Å². The first kappa shape index (κ1) is 14.1. The molecule has 5 heteroatoms. The summed E-state index contributed by atoms with van der Waals surface area (Å²) in [5.74, 6) is 0. The van der Waals surface area contributed by atoms with E-state index in [1.54, 1.807) is 0 Å². The largest absolute Gasteiger partial charge is 0.414 e. The van der Waals surface area contributed by atoms with Crippen LogP contribution >= 0.6 is 0 Å². The number of hydrogen-bond donors (Lipinski definition) is 2. The number of rotatable bonds is 3. The molecule has 0 spiro atoms. The zero-order valence-corrected chi connectivity index (χ0v) is 11.9. The third kappa shape index (κ3) is 3.27. The van der Waals surface area contributed by atoms with Gasteiger partial charge in [0.25, 0.3) is 0 Å². The standard InChI is InChI=1S/C11H24O4Si/c1-11(2,3)16(4,5)14-7-9-8(12)6-10(13)15-9/h8-10,12-13H,6-7H2,1-5H3/t8-,9+,10+/m0/s1. The van der Waals surface area contributed by atoms with E-state index in [1.807, 2.05) is 0 Å². The van der Waals surface area contributed by atoms with Crippen molar-refractivity contribution in [3.63, 3.8) is 0 Å². The van der Waals surface area contributed by atoms with Gasteiger partial charge in [0, 0.05) is 6.42 Å². The molecule has 4 nitrogen and oxygen atoms in total. The summed E-state index contributed by atoms with van der Waals surface area (Å²) in [4.78, 5) is 0. The lowest BCUT2D eigenvalue weighted by Gasteiger charge is -2.37. The maximum absolute atomic E-state index is 9.61. The molecule has 0 aliphatic carbocycles. The minimum Gasteiger partial charge on any atom is -0.414 e. The van der Waals surface area contributed by atoms with Gasteiger partial charge in [-0.1, -0.05) is 20.8 Å². The van der Waals surface area contributed by atoms with Crippen LogP contribution in [0.1, 0.15) is 27.2 Å². The molecule has 1 heterocycles. The molecule has 16 heavy (non-hydrogen) atoms. The van der Waals surface area contributed by atoms with Crippen LogP contribution in [0.4, 0.5) is 0 Å². The van der Waals surface area contributed by atoms with Gasteiger partial charge in [-0.3, -0.25) is 0 Å². The van der Waals surface area contributed by atoms with Crippen LogP contribution in [-0.2, 0) is 9.16 Å². The highest BCUT2D eigenvalue weighted by atomic mass is 28.4. The average molecular weight is 248 g/mol. The van der Waals surface area contributed by atoms with Crippen molar-refractivity contribution in [2.45, 2.75) is 63.8 Å². The molecule has 0 aromatic heterocycles. The fourth-order valence-corrected chi connectivity index (χ4v) is 2.38. The van der Waals surface area contributed by atoms with Gasteiger partial charge in [0.1, 0.15) is 6.10 Å². The van der Waals surface area contributed by atoms with Crippen molar-refractivity contribution in [3.05, 3.63) is 0 Å². The second-order valence-corrected chi connectivity index (χ2v) is 10.8. The monoisotopic (exact) mass is 248 g/mol. The Bertz CT molecular complexity index is 237. The fraction of sp³-hybridized carbons (Fsp3) is 1.00. The number of ether oxygens (including phenoxy) is 1. The van der Waals surface area contributed by atoms with Crippen molar-refractivity contribution < 1.29 is 19.4 Å². The summed E-state index contributed by atoms with van der Waals surface area (Å²) in [5.41, 5.74) is 0. The molecule has 2 N–H and O–H groups in total. The molecule has 0 bridgehead atoms. The zero-order chi connectivity index (χ0) is 12.6. The topological polar surface area (TPSA) is 58.9 Å². The van der Waals surface area contributed by atoms with E-state index < -0.39 is 20.7 Å². The molecule has 1 aliphatic rings. The molecular weight excluding hydrogens is 224 g/mol. The summed E-state index contributed by atoms with van der Waals surface area (Å²) in [6.07, 6.45) is -1.56. The Morgan fingerprint density at radius 1 is 1.31 bits per heavy atom. The van der Waals surface area contributed by atoms with E-state index in [9.17, 15) is 10.2 Å². The zero-order valence-electron chi connectivity index (χ0n) is 10.9. The van der Waals surface area contributed by atoms with Crippen LogP contribution in [0.15, 0.2) is 0 Å². The number of hydrogen-bond acceptors (Lipinski definition) is 4. The number of aliphatic hydroxyl groups excluding tert-OH is 2. The maximum Gasteiger partial charge on any atom is 0.192 e. The van der Waals surface area contributed by atoms with Crippen LogP contribution < -0.4 is 0 Å². The molecule has 0 radical (unpaired) electrons. The van der Waals surface area contributed by atoms with E-state index in [0.29, 0.717) is 6.61 Å². The Balaban J connectivity index is 2.46. The molecule has 0 saturated carbocycles. The molecule has 1 rings (SSSR count). The highest BCUT2D eigenvalue weighted by Gasteiger charge is 2.40. The van der Waals surface area contributed by atoms with Crippen molar-refractivity contribution in [2.24, 2.45) is 0 Å². The Labute approximate surface area is 98.7 Å². The molecule has 0 aromatic rings. The predicted molar refractivity (Wildman–Crippen MR) is 64.7 cm³/mol. The van der Waals surface area contributed by atoms with Gasteiger partial charge in [-0.05, 0) is 18.1 Å². The second-order valence-electron chi connectivity index (χ2n) is 6.00. The molecule has 0 unspecified atom stereocenters. The maximum atomic E-state index is 9.61. The van der Waals surface area contributed by atoms with Crippen LogP contribution in [0.5, 0.6) is 0 Å². The third-order valence-electron chi connectivity index (χ3n) is 3.62. The Morgan fingerprint density at radius 2 is 1.88 bits per heavy atom. The summed E-state index contributed by atoms with van der Waals surface area (Å²) in [6, 6.07) is 0. The second kappa shape index (κ2) is 4.74. The molecule has 0 aromatic carbocycles. The quantitative estimate of drug-likeness (QED) is 0.743. The lowest BCUT2D eigenvalue weighted by atomic mass is 10.2. The van der Waals surface area contributed by atoms with E-state index in [2.05, 4.69) is 33.9 Å². The molecule has 3 atom stereocenters. The van der Waals surface area contributed by atoms with Gasteiger partial charge in [0.2, 0.25) is 0 Å². The van der Waals surface area contributed by atoms with Crippen LogP contribution in [0.2, 0.25) is 18.1 Å². The van der Waals surface area contributed by atoms with Crippen LogP contribution in [0.3, 0.4) is 0 Å². The minimum atomic E-state index is -1.80. The predicted octanol–water partition coefficient (Wildman–Crippen LogP) is 1.48. The summed E-state index contributed by atoms with van der Waals surface area (Å²) in [7, 11) is -1.80.